The predicted octanol–water partition coefficient (Wildman–Crippen LogP) is 3.36. The molecule has 22 heavy (non-hydrogen) atoms. The number of carbonyl (C=O) groups excluding carboxylic acids is 1. The number of furan rings is 1. The standard InChI is InChI=1S/C17H19NO3S/c1-20-11-14-7-8-16(21-14)17(19)18-9-10-22-12-15(18)13-5-3-2-4-6-13/h2-8,15H,9-12H2,1H3. The zero-order chi connectivity index (χ0) is 15.4. The summed E-state index contributed by atoms with van der Waals surface area (Å²) in [6.07, 6.45) is 0. The number of ether oxygens (including phenoxy) is 1. The van der Waals surface area contributed by atoms with Gasteiger partial charge >= 0.3 is 0 Å². The lowest BCUT2D eigenvalue weighted by Gasteiger charge is -2.35. The third-order valence-corrected chi connectivity index (χ3v) is 4.76. The second-order valence-electron chi connectivity index (χ2n) is 5.20. The molecule has 0 bridgehead atoms. The minimum Gasteiger partial charge on any atom is -0.453 e. The van der Waals surface area contributed by atoms with Crippen LogP contribution in [0.5, 0.6) is 0 Å². The van der Waals surface area contributed by atoms with Crippen LogP contribution in [0.3, 0.4) is 0 Å². The van der Waals surface area contributed by atoms with Crippen LogP contribution in [-0.2, 0) is 11.3 Å². The summed E-state index contributed by atoms with van der Waals surface area (Å²) in [7, 11) is 1.61. The molecule has 1 aromatic carbocycles. The Morgan fingerprint density at radius 2 is 2.14 bits per heavy atom. The third-order valence-electron chi connectivity index (χ3n) is 3.73. The van der Waals surface area contributed by atoms with Gasteiger partial charge in [0.25, 0.3) is 5.91 Å². The van der Waals surface area contributed by atoms with Gasteiger partial charge in [-0.2, -0.15) is 11.8 Å². The zero-order valence-electron chi connectivity index (χ0n) is 12.5. The smallest absolute Gasteiger partial charge is 0.290 e. The van der Waals surface area contributed by atoms with Crippen molar-refractivity contribution in [3.8, 4) is 0 Å². The van der Waals surface area contributed by atoms with Crippen LogP contribution in [0.25, 0.3) is 0 Å². The molecule has 1 aliphatic heterocycles. The Kier molecular flexibility index (Phi) is 4.85. The molecular formula is C17H19NO3S. The van der Waals surface area contributed by atoms with Crippen LogP contribution >= 0.6 is 11.8 Å². The van der Waals surface area contributed by atoms with Crippen molar-refractivity contribution in [1.29, 1.82) is 0 Å². The van der Waals surface area contributed by atoms with E-state index >= 15 is 0 Å². The van der Waals surface area contributed by atoms with E-state index in [1.54, 1.807) is 19.2 Å². The molecule has 1 fully saturated rings. The molecule has 2 heterocycles. The van der Waals surface area contributed by atoms with Crippen molar-refractivity contribution in [1.82, 2.24) is 4.90 Å². The minimum absolute atomic E-state index is 0.0449. The van der Waals surface area contributed by atoms with Crippen LogP contribution in [0.1, 0.15) is 27.9 Å². The van der Waals surface area contributed by atoms with Crippen molar-refractivity contribution in [3.63, 3.8) is 0 Å². The number of hydrogen-bond donors (Lipinski definition) is 0. The van der Waals surface area contributed by atoms with Gasteiger partial charge in [0.2, 0.25) is 0 Å². The highest BCUT2D eigenvalue weighted by molar-refractivity contribution is 7.99. The summed E-state index contributed by atoms with van der Waals surface area (Å²) >= 11 is 1.88. The summed E-state index contributed by atoms with van der Waals surface area (Å²) in [5.74, 6) is 2.90. The van der Waals surface area contributed by atoms with E-state index in [9.17, 15) is 4.79 Å². The van der Waals surface area contributed by atoms with Crippen molar-refractivity contribution in [2.24, 2.45) is 0 Å². The molecule has 1 aliphatic rings. The van der Waals surface area contributed by atoms with E-state index in [2.05, 4.69) is 12.1 Å². The van der Waals surface area contributed by atoms with Crippen LogP contribution in [0, 0.1) is 0 Å². The van der Waals surface area contributed by atoms with Gasteiger partial charge in [-0.15, -0.1) is 0 Å². The number of hydrogen-bond acceptors (Lipinski definition) is 4. The van der Waals surface area contributed by atoms with E-state index < -0.39 is 0 Å². The summed E-state index contributed by atoms with van der Waals surface area (Å²) in [6.45, 7) is 1.12. The molecule has 0 N–H and O–H groups in total. The number of nitrogens with zero attached hydrogens (tertiary/aromatic N) is 1. The molecule has 0 radical (unpaired) electrons. The second-order valence-corrected chi connectivity index (χ2v) is 6.35. The maximum absolute atomic E-state index is 12.8. The molecule has 0 spiro atoms. The van der Waals surface area contributed by atoms with Crippen LogP contribution in [0.15, 0.2) is 46.9 Å². The van der Waals surface area contributed by atoms with Gasteiger partial charge in [0.15, 0.2) is 5.76 Å². The van der Waals surface area contributed by atoms with E-state index in [1.165, 1.54) is 5.56 Å². The zero-order valence-corrected chi connectivity index (χ0v) is 13.3. The molecule has 0 saturated carbocycles. The van der Waals surface area contributed by atoms with E-state index in [1.807, 2.05) is 34.9 Å². The number of benzene rings is 1. The lowest BCUT2D eigenvalue weighted by molar-refractivity contribution is 0.0661. The molecule has 3 rings (SSSR count). The van der Waals surface area contributed by atoms with Crippen LogP contribution < -0.4 is 0 Å². The molecule has 1 aromatic heterocycles. The molecular weight excluding hydrogens is 298 g/mol. The first-order chi connectivity index (χ1) is 10.8. The molecule has 1 atom stereocenters. The summed E-state index contributed by atoms with van der Waals surface area (Å²) in [6, 6.07) is 13.8. The van der Waals surface area contributed by atoms with E-state index in [0.29, 0.717) is 18.1 Å². The lowest BCUT2D eigenvalue weighted by atomic mass is 10.1. The summed E-state index contributed by atoms with van der Waals surface area (Å²) in [5.41, 5.74) is 1.17. The monoisotopic (exact) mass is 317 g/mol. The van der Waals surface area contributed by atoms with Gasteiger partial charge in [-0.25, -0.2) is 0 Å². The Hall–Kier alpha value is -1.72. The molecule has 1 saturated heterocycles. The first-order valence-corrected chi connectivity index (χ1v) is 8.46. The largest absolute Gasteiger partial charge is 0.453 e. The highest BCUT2D eigenvalue weighted by atomic mass is 32.2. The van der Waals surface area contributed by atoms with Crippen molar-refractivity contribution in [3.05, 3.63) is 59.5 Å². The fourth-order valence-electron chi connectivity index (χ4n) is 2.65. The second kappa shape index (κ2) is 7.03. The highest BCUT2D eigenvalue weighted by Gasteiger charge is 2.30. The van der Waals surface area contributed by atoms with Crippen molar-refractivity contribution < 1.29 is 13.9 Å². The van der Waals surface area contributed by atoms with Crippen molar-refractivity contribution in [2.75, 3.05) is 25.2 Å². The topological polar surface area (TPSA) is 42.7 Å². The average molecular weight is 317 g/mol. The van der Waals surface area contributed by atoms with Gasteiger partial charge in [-0.3, -0.25) is 4.79 Å². The van der Waals surface area contributed by atoms with Crippen LogP contribution in [0.4, 0.5) is 0 Å². The van der Waals surface area contributed by atoms with Gasteiger partial charge < -0.3 is 14.1 Å². The van der Waals surface area contributed by atoms with Crippen LogP contribution in [-0.4, -0.2) is 36.0 Å². The highest BCUT2D eigenvalue weighted by Crippen LogP contribution is 2.31. The number of methoxy groups -OCH3 is 1. The summed E-state index contributed by atoms with van der Waals surface area (Å²) < 4.78 is 10.6. The van der Waals surface area contributed by atoms with Crippen LogP contribution in [0.2, 0.25) is 0 Å². The minimum atomic E-state index is -0.0449. The Balaban J connectivity index is 1.82. The maximum atomic E-state index is 12.8. The van der Waals surface area contributed by atoms with Crippen molar-refractivity contribution in [2.45, 2.75) is 12.6 Å². The normalized spacial score (nSPS) is 18.4. The quantitative estimate of drug-likeness (QED) is 0.867. The molecule has 5 heteroatoms. The third kappa shape index (κ3) is 3.20. The van der Waals surface area contributed by atoms with Gasteiger partial charge in [-0.1, -0.05) is 30.3 Å². The molecule has 0 aliphatic carbocycles. The Morgan fingerprint density at radius 1 is 1.32 bits per heavy atom. The Morgan fingerprint density at radius 3 is 2.91 bits per heavy atom. The number of rotatable bonds is 4. The first kappa shape index (κ1) is 15.2. The summed E-state index contributed by atoms with van der Waals surface area (Å²) in [5, 5.41) is 0. The SMILES string of the molecule is COCc1ccc(C(=O)N2CCSCC2c2ccccc2)o1. The molecule has 1 unspecified atom stereocenters. The molecule has 1 amide bonds. The van der Waals surface area contributed by atoms with E-state index in [0.717, 1.165) is 18.1 Å². The molecule has 4 nitrogen and oxygen atoms in total. The Labute approximate surface area is 134 Å². The number of amides is 1. The van der Waals surface area contributed by atoms with Gasteiger partial charge in [-0.05, 0) is 17.7 Å². The van der Waals surface area contributed by atoms with Crippen molar-refractivity contribution >= 4 is 17.7 Å². The summed E-state index contributed by atoms with van der Waals surface area (Å²) in [4.78, 5) is 14.7. The van der Waals surface area contributed by atoms with Gasteiger partial charge in [0.05, 0.1) is 6.04 Å². The lowest BCUT2D eigenvalue weighted by Crippen LogP contribution is -2.40. The molecule has 116 valence electrons. The molecule has 2 aromatic rings. The van der Waals surface area contributed by atoms with E-state index in [4.69, 9.17) is 9.15 Å². The fourth-order valence-corrected chi connectivity index (χ4v) is 3.74. The predicted molar refractivity (Wildman–Crippen MR) is 87.0 cm³/mol. The Bertz CT molecular complexity index is 626. The van der Waals surface area contributed by atoms with Gasteiger partial charge in [0, 0.05) is 25.2 Å². The number of thioether (sulfide) groups is 1. The maximum Gasteiger partial charge on any atom is 0.290 e. The van der Waals surface area contributed by atoms with Gasteiger partial charge in [0.1, 0.15) is 12.4 Å². The number of carbonyl (C=O) groups is 1. The van der Waals surface area contributed by atoms with E-state index in [-0.39, 0.29) is 11.9 Å². The first-order valence-electron chi connectivity index (χ1n) is 7.31. The fraction of sp³-hybridized carbons (Fsp3) is 0.353. The average Bonchev–Trinajstić information content (AvgIpc) is 3.04.